The molecule has 0 aliphatic heterocycles. The van der Waals surface area contributed by atoms with Gasteiger partial charge in [-0.1, -0.05) is 12.2 Å². The average molecular weight is 141 g/mol. The molecule has 0 atom stereocenters. The first-order valence-electron chi connectivity index (χ1n) is 3.40. The minimum atomic E-state index is -0.208. The lowest BCUT2D eigenvalue weighted by Gasteiger charge is -2.20. The van der Waals surface area contributed by atoms with Gasteiger partial charge in [0.2, 0.25) is 5.91 Å². The Morgan fingerprint density at radius 1 is 1.50 bits per heavy atom. The molecule has 0 aliphatic carbocycles. The summed E-state index contributed by atoms with van der Waals surface area (Å²) in [5, 5.41) is 2.79. The summed E-state index contributed by atoms with van der Waals surface area (Å²) in [4.78, 5) is 10.6. The van der Waals surface area contributed by atoms with E-state index in [1.807, 2.05) is 32.9 Å². The summed E-state index contributed by atoms with van der Waals surface area (Å²) >= 11 is 0. The lowest BCUT2D eigenvalue weighted by Crippen LogP contribution is -2.40. The summed E-state index contributed by atoms with van der Waals surface area (Å²) in [5.41, 5.74) is -0.208. The van der Waals surface area contributed by atoms with Gasteiger partial charge in [-0.3, -0.25) is 4.79 Å². The SMILES string of the molecule is C/C=C/C(C)(C)NC(C)=O. The molecule has 1 amide bonds. The summed E-state index contributed by atoms with van der Waals surface area (Å²) < 4.78 is 0. The maximum atomic E-state index is 10.6. The van der Waals surface area contributed by atoms with Gasteiger partial charge in [0.05, 0.1) is 5.54 Å². The quantitative estimate of drug-likeness (QED) is 0.580. The molecule has 0 saturated carbocycles. The maximum absolute atomic E-state index is 10.6. The first-order valence-corrected chi connectivity index (χ1v) is 3.40. The van der Waals surface area contributed by atoms with Gasteiger partial charge in [0, 0.05) is 6.92 Å². The third-order valence-electron chi connectivity index (χ3n) is 1.08. The number of nitrogens with one attached hydrogen (secondary N) is 1. The Labute approximate surface area is 62.3 Å². The highest BCUT2D eigenvalue weighted by Crippen LogP contribution is 2.02. The van der Waals surface area contributed by atoms with Crippen molar-refractivity contribution in [3.63, 3.8) is 0 Å². The second-order valence-corrected chi connectivity index (χ2v) is 2.90. The molecule has 0 fully saturated rings. The van der Waals surface area contributed by atoms with Crippen LogP contribution in [0.1, 0.15) is 27.7 Å². The molecule has 0 aliphatic rings. The molecule has 0 saturated heterocycles. The van der Waals surface area contributed by atoms with Crippen LogP contribution in [0.5, 0.6) is 0 Å². The molecular formula is C8H15NO. The van der Waals surface area contributed by atoms with E-state index in [0.29, 0.717) is 0 Å². The molecule has 0 spiro atoms. The van der Waals surface area contributed by atoms with Gasteiger partial charge >= 0.3 is 0 Å². The van der Waals surface area contributed by atoms with E-state index in [2.05, 4.69) is 5.32 Å². The van der Waals surface area contributed by atoms with Gasteiger partial charge in [0.25, 0.3) is 0 Å². The van der Waals surface area contributed by atoms with Gasteiger partial charge in [0.15, 0.2) is 0 Å². The lowest BCUT2D eigenvalue weighted by atomic mass is 10.1. The highest BCUT2D eigenvalue weighted by molar-refractivity contribution is 5.74. The van der Waals surface area contributed by atoms with Crippen LogP contribution in [0.25, 0.3) is 0 Å². The van der Waals surface area contributed by atoms with E-state index in [1.54, 1.807) is 0 Å². The zero-order valence-electron chi connectivity index (χ0n) is 7.06. The molecule has 0 aromatic heterocycles. The predicted octanol–water partition coefficient (Wildman–Crippen LogP) is 1.48. The summed E-state index contributed by atoms with van der Waals surface area (Å²) in [6, 6.07) is 0. The molecular weight excluding hydrogens is 126 g/mol. The summed E-state index contributed by atoms with van der Waals surface area (Å²) in [5.74, 6) is 0.00287. The van der Waals surface area contributed by atoms with Crippen LogP contribution in [0.3, 0.4) is 0 Å². The van der Waals surface area contributed by atoms with Crippen molar-refractivity contribution < 1.29 is 4.79 Å². The monoisotopic (exact) mass is 141 g/mol. The number of hydrogen-bond acceptors (Lipinski definition) is 1. The van der Waals surface area contributed by atoms with Gasteiger partial charge in [-0.05, 0) is 20.8 Å². The van der Waals surface area contributed by atoms with E-state index in [9.17, 15) is 4.79 Å². The third-order valence-corrected chi connectivity index (χ3v) is 1.08. The van der Waals surface area contributed by atoms with Crippen molar-refractivity contribution in [1.29, 1.82) is 0 Å². The zero-order valence-corrected chi connectivity index (χ0v) is 7.06. The Kier molecular flexibility index (Phi) is 3.13. The predicted molar refractivity (Wildman–Crippen MR) is 42.7 cm³/mol. The van der Waals surface area contributed by atoms with Gasteiger partial charge in [-0.2, -0.15) is 0 Å². The molecule has 0 radical (unpaired) electrons. The summed E-state index contributed by atoms with van der Waals surface area (Å²) in [7, 11) is 0. The van der Waals surface area contributed by atoms with Crippen LogP contribution in [-0.2, 0) is 4.79 Å². The van der Waals surface area contributed by atoms with Crippen LogP contribution < -0.4 is 5.32 Å². The Bertz CT molecular complexity index is 147. The van der Waals surface area contributed by atoms with E-state index in [4.69, 9.17) is 0 Å². The topological polar surface area (TPSA) is 29.1 Å². The van der Waals surface area contributed by atoms with Gasteiger partial charge in [0.1, 0.15) is 0 Å². The van der Waals surface area contributed by atoms with E-state index in [1.165, 1.54) is 6.92 Å². The number of rotatable bonds is 2. The molecule has 0 aromatic carbocycles. The van der Waals surface area contributed by atoms with Crippen LogP contribution in [-0.4, -0.2) is 11.4 Å². The van der Waals surface area contributed by atoms with E-state index in [-0.39, 0.29) is 11.4 Å². The molecule has 0 rings (SSSR count). The first kappa shape index (κ1) is 9.21. The number of carbonyl (C=O) groups is 1. The fraction of sp³-hybridized carbons (Fsp3) is 0.625. The van der Waals surface area contributed by atoms with Crippen molar-refractivity contribution in [2.45, 2.75) is 33.2 Å². The fourth-order valence-corrected chi connectivity index (χ4v) is 0.912. The number of allylic oxidation sites excluding steroid dienone is 1. The third kappa shape index (κ3) is 4.13. The molecule has 0 heterocycles. The second kappa shape index (κ2) is 3.40. The second-order valence-electron chi connectivity index (χ2n) is 2.90. The number of hydrogen-bond donors (Lipinski definition) is 1. The van der Waals surface area contributed by atoms with E-state index >= 15 is 0 Å². The van der Waals surface area contributed by atoms with Crippen molar-refractivity contribution in [2.75, 3.05) is 0 Å². The van der Waals surface area contributed by atoms with Crippen LogP contribution >= 0.6 is 0 Å². The Hall–Kier alpha value is -0.790. The van der Waals surface area contributed by atoms with Crippen LogP contribution in [0.2, 0.25) is 0 Å². The number of amides is 1. The normalized spacial score (nSPS) is 12.0. The summed E-state index contributed by atoms with van der Waals surface area (Å²) in [6.07, 6.45) is 3.88. The molecule has 0 aromatic rings. The van der Waals surface area contributed by atoms with Crippen molar-refractivity contribution in [2.24, 2.45) is 0 Å². The first-order chi connectivity index (χ1) is 4.48. The highest BCUT2D eigenvalue weighted by Gasteiger charge is 2.12. The van der Waals surface area contributed by atoms with E-state index < -0.39 is 0 Å². The highest BCUT2D eigenvalue weighted by atomic mass is 16.1. The van der Waals surface area contributed by atoms with Crippen LogP contribution in [0, 0.1) is 0 Å². The summed E-state index contributed by atoms with van der Waals surface area (Å²) in [6.45, 7) is 7.36. The van der Waals surface area contributed by atoms with Gasteiger partial charge in [-0.15, -0.1) is 0 Å². The molecule has 1 N–H and O–H groups in total. The van der Waals surface area contributed by atoms with Crippen LogP contribution in [0.15, 0.2) is 12.2 Å². The Morgan fingerprint density at radius 2 is 2.00 bits per heavy atom. The molecule has 58 valence electrons. The smallest absolute Gasteiger partial charge is 0.217 e. The molecule has 2 nitrogen and oxygen atoms in total. The fourth-order valence-electron chi connectivity index (χ4n) is 0.912. The standard InChI is InChI=1S/C8H15NO/c1-5-6-8(3,4)9-7(2)10/h5-6H,1-4H3,(H,9,10)/b6-5+. The molecule has 0 unspecified atom stereocenters. The van der Waals surface area contributed by atoms with Crippen molar-refractivity contribution in [3.8, 4) is 0 Å². The van der Waals surface area contributed by atoms with Gasteiger partial charge < -0.3 is 5.32 Å². The minimum absolute atomic E-state index is 0.00287. The molecule has 2 heteroatoms. The largest absolute Gasteiger partial charge is 0.348 e. The molecule has 10 heavy (non-hydrogen) atoms. The lowest BCUT2D eigenvalue weighted by molar-refractivity contribution is -0.120. The maximum Gasteiger partial charge on any atom is 0.217 e. The van der Waals surface area contributed by atoms with Crippen LogP contribution in [0.4, 0.5) is 0 Å². The molecule has 0 bridgehead atoms. The Balaban J connectivity index is 3.99. The van der Waals surface area contributed by atoms with Crippen molar-refractivity contribution in [1.82, 2.24) is 5.32 Å². The zero-order chi connectivity index (χ0) is 8.20. The van der Waals surface area contributed by atoms with Crippen molar-refractivity contribution >= 4 is 5.91 Å². The average Bonchev–Trinajstić information content (AvgIpc) is 1.59. The van der Waals surface area contributed by atoms with Crippen molar-refractivity contribution in [3.05, 3.63) is 12.2 Å². The Morgan fingerprint density at radius 3 is 2.30 bits per heavy atom. The van der Waals surface area contributed by atoms with E-state index in [0.717, 1.165) is 0 Å². The number of carbonyl (C=O) groups excluding carboxylic acids is 1. The minimum Gasteiger partial charge on any atom is -0.348 e. The van der Waals surface area contributed by atoms with Gasteiger partial charge in [-0.25, -0.2) is 0 Å².